The molecule has 582 valence electrons. The molecule has 101 heavy (non-hydrogen) atoms. The van der Waals surface area contributed by atoms with E-state index in [4.69, 9.17) is 28.4 Å². The van der Waals surface area contributed by atoms with Crippen LogP contribution in [-0.2, 0) is 33.2 Å². The first kappa shape index (κ1) is 91.7. The first-order valence-electron chi connectivity index (χ1n) is 39.6. The first-order chi connectivity index (χ1) is 49.3. The highest BCUT2D eigenvalue weighted by atomic mass is 16.8. The lowest BCUT2D eigenvalue weighted by atomic mass is 9.96. The molecular weight excluding hydrogens is 1290 g/mol. The first-order valence-corrected chi connectivity index (χ1v) is 39.6. The molecule has 0 aromatic heterocycles. The highest BCUT2D eigenvalue weighted by molar-refractivity contribution is 5.76. The molecule has 17 unspecified atom stereocenters. The van der Waals surface area contributed by atoms with Crippen molar-refractivity contribution in [2.24, 2.45) is 0 Å². The number of amides is 1. The predicted molar refractivity (Wildman–Crippen MR) is 401 cm³/mol. The van der Waals surface area contributed by atoms with E-state index in [-0.39, 0.29) is 18.9 Å². The summed E-state index contributed by atoms with van der Waals surface area (Å²) in [6.45, 7) is 1.66. The van der Waals surface area contributed by atoms with Crippen molar-refractivity contribution in [3.05, 3.63) is 109 Å². The minimum atomic E-state index is -1.98. The van der Waals surface area contributed by atoms with Crippen molar-refractivity contribution < 1.29 is 89.4 Å². The monoisotopic (exact) mass is 1430 g/mol. The molecule has 3 fully saturated rings. The second kappa shape index (κ2) is 61.6. The molecule has 3 heterocycles. The molecule has 0 saturated carbocycles. The standard InChI is InChI=1S/C82H141NO18/c1-3-5-7-9-11-13-15-17-19-21-23-25-27-29-31-32-34-36-38-40-42-44-46-48-50-52-54-56-58-60-70(88)83-65(66(87)59-57-55-53-51-49-47-45-43-41-39-37-35-33-30-28-26-24-22-20-18-16-14-12-10-8-6-4-2)64-96-80-76(94)73(91)78(68(62-85)98-80)101-82-77(95)74(92)79(69(63-86)99-82)100-81-75(93)72(90)71(89)67(61-84)97-81/h5,7,11,13,17,19,23,25,29,31,34,36,40,42,46,48,52,54,65-69,71-82,84-87,89-95H,3-4,6,8-10,12,14-16,18,20-22,24,26-28,30,32-33,35,37-39,41,43-45,47,49-51,53,55-64H2,1-2H3,(H,83,88)/b7-5-,13-11-,19-17-,25-23-,31-29-,36-34-,42-40-,48-46-,54-52-. The summed E-state index contributed by atoms with van der Waals surface area (Å²) in [6, 6.07) is -0.928. The number of carbonyl (C=O) groups is 1. The van der Waals surface area contributed by atoms with E-state index in [1.165, 1.54) is 148 Å². The summed E-state index contributed by atoms with van der Waals surface area (Å²) < 4.78 is 34.5. The van der Waals surface area contributed by atoms with E-state index >= 15 is 0 Å². The van der Waals surface area contributed by atoms with Crippen molar-refractivity contribution in [3.8, 4) is 0 Å². The highest BCUT2D eigenvalue weighted by Gasteiger charge is 2.54. The predicted octanol–water partition coefficient (Wildman–Crippen LogP) is 12.9. The van der Waals surface area contributed by atoms with E-state index in [1.54, 1.807) is 0 Å². The van der Waals surface area contributed by atoms with Gasteiger partial charge in [0.1, 0.15) is 73.2 Å². The molecule has 0 aliphatic carbocycles. The Hall–Kier alpha value is -3.55. The molecule has 19 heteroatoms. The van der Waals surface area contributed by atoms with Crippen molar-refractivity contribution in [3.63, 3.8) is 0 Å². The molecule has 3 saturated heterocycles. The largest absolute Gasteiger partial charge is 0.394 e. The zero-order valence-corrected chi connectivity index (χ0v) is 62.1. The van der Waals surface area contributed by atoms with E-state index in [2.05, 4.69) is 122 Å². The number of hydrogen-bond acceptors (Lipinski definition) is 18. The molecule has 3 aliphatic rings. The molecule has 12 N–H and O–H groups in total. The Morgan fingerprint density at radius 1 is 0.366 bits per heavy atom. The van der Waals surface area contributed by atoms with Gasteiger partial charge in [-0.05, 0) is 77.0 Å². The zero-order chi connectivity index (χ0) is 73.2. The van der Waals surface area contributed by atoms with Gasteiger partial charge in [-0.2, -0.15) is 0 Å². The fraction of sp³-hybridized carbons (Fsp3) is 0.768. The van der Waals surface area contributed by atoms with Crippen molar-refractivity contribution in [1.29, 1.82) is 0 Å². The summed E-state index contributed by atoms with van der Waals surface area (Å²) >= 11 is 0. The lowest BCUT2D eigenvalue weighted by molar-refractivity contribution is -0.379. The van der Waals surface area contributed by atoms with Crippen molar-refractivity contribution in [2.45, 2.75) is 375 Å². The number of aliphatic hydroxyl groups excluding tert-OH is 11. The van der Waals surface area contributed by atoms with Gasteiger partial charge in [-0.25, -0.2) is 0 Å². The van der Waals surface area contributed by atoms with Crippen LogP contribution in [0.2, 0.25) is 0 Å². The minimum Gasteiger partial charge on any atom is -0.394 e. The van der Waals surface area contributed by atoms with Crippen molar-refractivity contribution in [2.75, 3.05) is 26.4 Å². The molecule has 3 aliphatic heterocycles. The van der Waals surface area contributed by atoms with E-state index in [0.717, 1.165) is 77.0 Å². The summed E-state index contributed by atoms with van der Waals surface area (Å²) in [4.78, 5) is 13.5. The second-order valence-corrected chi connectivity index (χ2v) is 27.8. The normalized spacial score (nSPS) is 26.9. The number of hydrogen-bond donors (Lipinski definition) is 12. The number of rotatable bonds is 61. The van der Waals surface area contributed by atoms with E-state index in [0.29, 0.717) is 25.7 Å². The summed E-state index contributed by atoms with van der Waals surface area (Å²) in [6.07, 6.45) is 57.5. The van der Waals surface area contributed by atoms with E-state index in [1.807, 2.05) is 6.08 Å². The molecule has 0 aromatic rings. The fourth-order valence-corrected chi connectivity index (χ4v) is 12.8. The van der Waals surface area contributed by atoms with Gasteiger partial charge in [0.25, 0.3) is 0 Å². The number of unbranched alkanes of at least 4 members (excludes halogenated alkanes) is 27. The summed E-state index contributed by atoms with van der Waals surface area (Å²) in [5.41, 5.74) is 0. The van der Waals surface area contributed by atoms with Crippen LogP contribution in [0.15, 0.2) is 109 Å². The molecule has 1 amide bonds. The quantitative estimate of drug-likeness (QED) is 0.0199. The average molecular weight is 1430 g/mol. The van der Waals surface area contributed by atoms with Gasteiger partial charge in [-0.1, -0.05) is 297 Å². The van der Waals surface area contributed by atoms with Crippen molar-refractivity contribution >= 4 is 5.91 Å². The molecule has 0 spiro atoms. The van der Waals surface area contributed by atoms with Crippen LogP contribution >= 0.6 is 0 Å². The van der Waals surface area contributed by atoms with Crippen LogP contribution in [0.25, 0.3) is 0 Å². The summed E-state index contributed by atoms with van der Waals surface area (Å²) in [5, 5.41) is 121. The summed E-state index contributed by atoms with van der Waals surface area (Å²) in [7, 11) is 0. The number of carbonyl (C=O) groups excluding carboxylic acids is 1. The van der Waals surface area contributed by atoms with Crippen molar-refractivity contribution in [1.82, 2.24) is 5.32 Å². The van der Waals surface area contributed by atoms with Crippen LogP contribution in [0.3, 0.4) is 0 Å². The molecule has 17 atom stereocenters. The molecule has 0 bridgehead atoms. The fourth-order valence-electron chi connectivity index (χ4n) is 12.8. The number of ether oxygens (including phenoxy) is 6. The van der Waals surface area contributed by atoms with Gasteiger partial charge in [0.05, 0.1) is 38.6 Å². The SMILES string of the molecule is CC/C=C\C/C=C\C/C=C\C/C=C\C/C=C\C/C=C\C/C=C\C/C=C\C/C=C\CCCC(=O)NC(COC1OC(CO)C(OC2OC(CO)C(OC3OC(CO)C(O)C(O)C3O)C(O)C2O)C(O)C1O)C(O)CCCCCCCCCCCCCCCCCCCCCCCCCCCCC. The van der Waals surface area contributed by atoms with E-state index in [9.17, 15) is 61.0 Å². The van der Waals surface area contributed by atoms with Crippen LogP contribution < -0.4 is 5.32 Å². The Balaban J connectivity index is 1.41. The molecule has 19 nitrogen and oxygen atoms in total. The van der Waals surface area contributed by atoms with Gasteiger partial charge >= 0.3 is 0 Å². The van der Waals surface area contributed by atoms with Crippen LogP contribution in [0.1, 0.15) is 271 Å². The third kappa shape index (κ3) is 41.8. The van der Waals surface area contributed by atoms with Gasteiger partial charge in [0.15, 0.2) is 18.9 Å². The smallest absolute Gasteiger partial charge is 0.220 e. The summed E-state index contributed by atoms with van der Waals surface area (Å²) in [5.74, 6) is -0.302. The maximum absolute atomic E-state index is 13.5. The van der Waals surface area contributed by atoms with Crippen LogP contribution in [-0.4, -0.2) is 193 Å². The average Bonchev–Trinajstić information content (AvgIpc) is 0.796. The highest BCUT2D eigenvalue weighted by Crippen LogP contribution is 2.33. The zero-order valence-electron chi connectivity index (χ0n) is 62.1. The molecular formula is C82H141NO18. The van der Waals surface area contributed by atoms with Gasteiger partial charge in [-0.3, -0.25) is 4.79 Å². The number of allylic oxidation sites excluding steroid dienone is 18. The van der Waals surface area contributed by atoms with Gasteiger partial charge in [0, 0.05) is 6.42 Å². The lowest BCUT2D eigenvalue weighted by Crippen LogP contribution is -2.66. The van der Waals surface area contributed by atoms with Gasteiger partial charge < -0.3 is 89.9 Å². The Bertz CT molecular complexity index is 2250. The third-order valence-corrected chi connectivity index (χ3v) is 19.1. The third-order valence-electron chi connectivity index (χ3n) is 19.1. The Morgan fingerprint density at radius 3 is 1.03 bits per heavy atom. The van der Waals surface area contributed by atoms with E-state index < -0.39 is 124 Å². The number of aliphatic hydroxyl groups is 11. The van der Waals surface area contributed by atoms with Gasteiger partial charge in [-0.15, -0.1) is 0 Å². The molecule has 0 radical (unpaired) electrons. The Morgan fingerprint density at radius 2 is 0.673 bits per heavy atom. The molecule has 0 aromatic carbocycles. The molecule has 3 rings (SSSR count). The second-order valence-electron chi connectivity index (χ2n) is 27.8. The van der Waals surface area contributed by atoms with Crippen LogP contribution in [0.5, 0.6) is 0 Å². The maximum atomic E-state index is 13.5. The number of nitrogens with one attached hydrogen (secondary N) is 1. The Kier molecular flexibility index (Phi) is 55.9. The lowest BCUT2D eigenvalue weighted by Gasteiger charge is -2.48. The topological polar surface area (TPSA) is 307 Å². The minimum absolute atomic E-state index is 0.180. The maximum Gasteiger partial charge on any atom is 0.220 e. The van der Waals surface area contributed by atoms with Crippen LogP contribution in [0, 0.1) is 0 Å². The Labute approximate surface area is 608 Å². The van der Waals surface area contributed by atoms with Gasteiger partial charge in [0.2, 0.25) is 5.91 Å². The van der Waals surface area contributed by atoms with Crippen LogP contribution in [0.4, 0.5) is 0 Å².